The number of hydrogen-bond donors (Lipinski definition) is 0. The van der Waals surface area contributed by atoms with E-state index >= 15 is 0 Å². The molecule has 0 aliphatic carbocycles. The van der Waals surface area contributed by atoms with Crippen LogP contribution in [0.5, 0.6) is 0 Å². The van der Waals surface area contributed by atoms with Crippen molar-refractivity contribution in [2.45, 2.75) is 0 Å². The van der Waals surface area contributed by atoms with Crippen LogP contribution in [0, 0.1) is 0 Å². The Bertz CT molecular complexity index is 478. The van der Waals surface area contributed by atoms with Crippen molar-refractivity contribution in [3.63, 3.8) is 0 Å². The lowest BCUT2D eigenvalue weighted by molar-refractivity contribution is -0.0125. The van der Waals surface area contributed by atoms with Gasteiger partial charge in [-0.3, -0.25) is 0 Å². The molecule has 0 aromatic carbocycles. The van der Waals surface area contributed by atoms with E-state index in [1.165, 1.54) is 13.3 Å². The molecular weight excluding hydrogens is 196 g/mol. The van der Waals surface area contributed by atoms with Gasteiger partial charge in [0.15, 0.2) is 6.79 Å². The third-order valence-corrected chi connectivity index (χ3v) is 1.93. The molecule has 0 saturated heterocycles. The molecule has 2 aromatic heterocycles. The van der Waals surface area contributed by atoms with Crippen molar-refractivity contribution < 1.29 is 14.3 Å². The van der Waals surface area contributed by atoms with E-state index in [0.717, 1.165) is 5.52 Å². The van der Waals surface area contributed by atoms with Crippen molar-refractivity contribution in [2.24, 2.45) is 0 Å². The quantitative estimate of drug-likeness (QED) is 0.557. The summed E-state index contributed by atoms with van der Waals surface area (Å²) in [6.45, 7) is -0.0506. The molecule has 78 valence electrons. The van der Waals surface area contributed by atoms with Gasteiger partial charge in [-0.2, -0.15) is 5.10 Å². The lowest BCUT2D eigenvalue weighted by atomic mass is 10.3. The topological polar surface area (TPSA) is 52.8 Å². The highest BCUT2D eigenvalue weighted by Crippen LogP contribution is 2.06. The fourth-order valence-electron chi connectivity index (χ4n) is 1.23. The minimum atomic E-state index is -0.437. The maximum atomic E-state index is 11.4. The number of nitrogens with zero attached hydrogens (tertiary/aromatic N) is 2. The van der Waals surface area contributed by atoms with Crippen molar-refractivity contribution in [2.75, 3.05) is 13.9 Å². The predicted octanol–water partition coefficient (Wildman–Crippen LogP) is 1.10. The molecule has 15 heavy (non-hydrogen) atoms. The lowest BCUT2D eigenvalue weighted by Gasteiger charge is -2.02. The smallest absolute Gasteiger partial charge is 0.341 e. The first-order chi connectivity index (χ1) is 7.31. The van der Waals surface area contributed by atoms with Gasteiger partial charge in [0, 0.05) is 13.3 Å². The minimum absolute atomic E-state index is 0.0506. The standard InChI is InChI=1S/C10H10N2O3/c1-14-7-15-10(13)8-5-9-3-2-4-12(9)11-6-8/h2-6H,7H2,1H3. The van der Waals surface area contributed by atoms with Crippen molar-refractivity contribution in [3.05, 3.63) is 36.2 Å². The molecule has 0 fully saturated rings. The molecule has 5 nitrogen and oxygen atoms in total. The van der Waals surface area contributed by atoms with E-state index in [2.05, 4.69) is 9.84 Å². The number of esters is 1. The molecule has 0 N–H and O–H groups in total. The summed E-state index contributed by atoms with van der Waals surface area (Å²) in [7, 11) is 1.46. The van der Waals surface area contributed by atoms with Gasteiger partial charge in [-0.15, -0.1) is 0 Å². The van der Waals surface area contributed by atoms with Crippen LogP contribution in [0.3, 0.4) is 0 Å². The summed E-state index contributed by atoms with van der Waals surface area (Å²) in [6.07, 6.45) is 3.27. The first-order valence-corrected chi connectivity index (χ1v) is 4.41. The van der Waals surface area contributed by atoms with E-state index in [9.17, 15) is 4.79 Å². The minimum Gasteiger partial charge on any atom is -0.435 e. The van der Waals surface area contributed by atoms with Crippen LogP contribution in [0.1, 0.15) is 10.4 Å². The van der Waals surface area contributed by atoms with Gasteiger partial charge in [-0.25, -0.2) is 9.31 Å². The maximum absolute atomic E-state index is 11.4. The van der Waals surface area contributed by atoms with Crippen LogP contribution < -0.4 is 0 Å². The van der Waals surface area contributed by atoms with Crippen LogP contribution in [-0.2, 0) is 9.47 Å². The van der Waals surface area contributed by atoms with Crippen LogP contribution >= 0.6 is 0 Å². The van der Waals surface area contributed by atoms with E-state index in [4.69, 9.17) is 4.74 Å². The molecule has 0 radical (unpaired) electrons. The summed E-state index contributed by atoms with van der Waals surface area (Å²) in [6, 6.07) is 5.43. The third kappa shape index (κ3) is 1.97. The average Bonchev–Trinajstić information content (AvgIpc) is 2.72. The van der Waals surface area contributed by atoms with Crippen molar-refractivity contribution in [3.8, 4) is 0 Å². The molecule has 0 aliphatic rings. The molecule has 5 heteroatoms. The van der Waals surface area contributed by atoms with Crippen molar-refractivity contribution in [1.82, 2.24) is 9.61 Å². The Morgan fingerprint density at radius 2 is 2.47 bits per heavy atom. The number of carbonyl (C=O) groups is 1. The van der Waals surface area contributed by atoms with Gasteiger partial charge in [0.25, 0.3) is 0 Å². The van der Waals surface area contributed by atoms with Crippen LogP contribution in [-0.4, -0.2) is 29.5 Å². The average molecular weight is 206 g/mol. The molecule has 0 spiro atoms. The van der Waals surface area contributed by atoms with Crippen LogP contribution in [0.4, 0.5) is 0 Å². The van der Waals surface area contributed by atoms with Gasteiger partial charge in [0.2, 0.25) is 0 Å². The number of rotatable bonds is 3. The Morgan fingerprint density at radius 1 is 1.60 bits per heavy atom. The molecule has 0 aliphatic heterocycles. The van der Waals surface area contributed by atoms with Gasteiger partial charge in [0.05, 0.1) is 17.3 Å². The second-order valence-corrected chi connectivity index (χ2v) is 2.96. The number of aromatic nitrogens is 2. The summed E-state index contributed by atoms with van der Waals surface area (Å²) in [5.41, 5.74) is 1.26. The number of hydrogen-bond acceptors (Lipinski definition) is 4. The fourth-order valence-corrected chi connectivity index (χ4v) is 1.23. The summed E-state index contributed by atoms with van der Waals surface area (Å²) >= 11 is 0. The first-order valence-electron chi connectivity index (χ1n) is 4.41. The van der Waals surface area contributed by atoms with E-state index in [0.29, 0.717) is 5.56 Å². The van der Waals surface area contributed by atoms with Crippen LogP contribution in [0.2, 0.25) is 0 Å². The Kier molecular flexibility index (Phi) is 2.64. The predicted molar refractivity (Wildman–Crippen MR) is 52.5 cm³/mol. The highest BCUT2D eigenvalue weighted by molar-refractivity contribution is 5.90. The normalized spacial score (nSPS) is 10.5. The van der Waals surface area contributed by atoms with Gasteiger partial charge in [-0.05, 0) is 18.2 Å². The van der Waals surface area contributed by atoms with Crippen LogP contribution in [0.15, 0.2) is 30.6 Å². The molecular formula is C10H10N2O3. The molecule has 2 rings (SSSR count). The molecule has 2 heterocycles. The monoisotopic (exact) mass is 206 g/mol. The highest BCUT2D eigenvalue weighted by Gasteiger charge is 2.08. The molecule has 0 amide bonds. The van der Waals surface area contributed by atoms with E-state index < -0.39 is 5.97 Å². The highest BCUT2D eigenvalue weighted by atomic mass is 16.7. The van der Waals surface area contributed by atoms with Gasteiger partial charge in [-0.1, -0.05) is 0 Å². The Hall–Kier alpha value is -1.88. The third-order valence-electron chi connectivity index (χ3n) is 1.93. The number of ether oxygens (including phenoxy) is 2. The molecule has 0 saturated carbocycles. The van der Waals surface area contributed by atoms with Gasteiger partial charge >= 0.3 is 5.97 Å². The molecule has 0 bridgehead atoms. The summed E-state index contributed by atoms with van der Waals surface area (Å²) in [5, 5.41) is 4.05. The maximum Gasteiger partial charge on any atom is 0.341 e. The Morgan fingerprint density at radius 3 is 3.27 bits per heavy atom. The zero-order chi connectivity index (χ0) is 10.7. The fraction of sp³-hybridized carbons (Fsp3) is 0.200. The van der Waals surface area contributed by atoms with E-state index in [-0.39, 0.29) is 6.79 Å². The largest absolute Gasteiger partial charge is 0.435 e. The van der Waals surface area contributed by atoms with Crippen molar-refractivity contribution in [1.29, 1.82) is 0 Å². The lowest BCUT2D eigenvalue weighted by Crippen LogP contribution is -2.08. The summed E-state index contributed by atoms with van der Waals surface area (Å²) in [4.78, 5) is 11.4. The Labute approximate surface area is 86.2 Å². The van der Waals surface area contributed by atoms with Crippen LogP contribution in [0.25, 0.3) is 5.52 Å². The molecule has 2 aromatic rings. The van der Waals surface area contributed by atoms with Gasteiger partial charge in [0.1, 0.15) is 0 Å². The number of methoxy groups -OCH3 is 1. The van der Waals surface area contributed by atoms with E-state index in [1.807, 2.05) is 12.1 Å². The SMILES string of the molecule is COCOC(=O)c1cnn2cccc2c1. The second-order valence-electron chi connectivity index (χ2n) is 2.96. The van der Waals surface area contributed by atoms with E-state index in [1.54, 1.807) is 16.8 Å². The number of fused-ring (bicyclic) bond motifs is 1. The van der Waals surface area contributed by atoms with Crippen molar-refractivity contribution >= 4 is 11.5 Å². The first kappa shape index (κ1) is 9.67. The second kappa shape index (κ2) is 4.10. The number of carbonyl (C=O) groups excluding carboxylic acids is 1. The molecule has 0 atom stereocenters. The zero-order valence-corrected chi connectivity index (χ0v) is 8.21. The molecule has 0 unspecified atom stereocenters. The van der Waals surface area contributed by atoms with Gasteiger partial charge < -0.3 is 9.47 Å². The Balaban J connectivity index is 2.23. The summed E-state index contributed by atoms with van der Waals surface area (Å²) < 4.78 is 11.1. The zero-order valence-electron chi connectivity index (χ0n) is 8.21. The summed E-state index contributed by atoms with van der Waals surface area (Å²) in [5.74, 6) is -0.437.